The Morgan fingerprint density at radius 1 is 1.33 bits per heavy atom. The van der Waals surface area contributed by atoms with Crippen LogP contribution in [-0.4, -0.2) is 29.6 Å². The molecule has 0 aliphatic carbocycles. The molecule has 21 heavy (non-hydrogen) atoms. The van der Waals surface area contributed by atoms with Gasteiger partial charge < -0.3 is 4.74 Å². The molecule has 1 atom stereocenters. The summed E-state index contributed by atoms with van der Waals surface area (Å²) in [5, 5.41) is 0.759. The van der Waals surface area contributed by atoms with Crippen LogP contribution in [0.3, 0.4) is 0 Å². The Kier molecular flexibility index (Phi) is 6.07. The van der Waals surface area contributed by atoms with E-state index in [0.29, 0.717) is 12.5 Å². The summed E-state index contributed by atoms with van der Waals surface area (Å²) in [7, 11) is 0. The number of carbonyl (C=O) groups is 1. The lowest BCUT2D eigenvalue weighted by atomic mass is 9.98. The second-order valence-electron chi connectivity index (χ2n) is 5.99. The Balaban J connectivity index is 1.95. The number of benzene rings is 1. The van der Waals surface area contributed by atoms with Crippen LogP contribution in [0.15, 0.2) is 24.3 Å². The van der Waals surface area contributed by atoms with Crippen LogP contribution in [0, 0.1) is 0 Å². The third-order valence-electron chi connectivity index (χ3n) is 3.82. The van der Waals surface area contributed by atoms with Crippen molar-refractivity contribution in [1.29, 1.82) is 0 Å². The van der Waals surface area contributed by atoms with E-state index in [9.17, 15) is 4.79 Å². The van der Waals surface area contributed by atoms with E-state index in [4.69, 9.17) is 16.3 Å². The predicted molar refractivity (Wildman–Crippen MR) is 85.3 cm³/mol. The molecule has 2 rings (SSSR count). The molecule has 3 nitrogen and oxygen atoms in total. The molecule has 1 aromatic rings. The molecule has 1 unspecified atom stereocenters. The molecule has 0 spiro atoms. The zero-order valence-electron chi connectivity index (χ0n) is 12.8. The zero-order chi connectivity index (χ0) is 15.2. The highest BCUT2D eigenvalue weighted by Gasteiger charge is 2.25. The maximum Gasteiger partial charge on any atom is 0.307 e. The molecule has 1 aliphatic rings. The smallest absolute Gasteiger partial charge is 0.307 e. The fourth-order valence-electron chi connectivity index (χ4n) is 2.83. The van der Waals surface area contributed by atoms with Crippen LogP contribution >= 0.6 is 11.6 Å². The third kappa shape index (κ3) is 5.33. The topological polar surface area (TPSA) is 29.5 Å². The van der Waals surface area contributed by atoms with Crippen molar-refractivity contribution in [2.24, 2.45) is 0 Å². The van der Waals surface area contributed by atoms with Crippen LogP contribution in [0.2, 0.25) is 5.02 Å². The third-order valence-corrected chi connectivity index (χ3v) is 4.07. The summed E-state index contributed by atoms with van der Waals surface area (Å²) in [6, 6.07) is 8.24. The van der Waals surface area contributed by atoms with Crippen LogP contribution in [0.4, 0.5) is 0 Å². The first-order valence-corrected chi connectivity index (χ1v) is 8.10. The van der Waals surface area contributed by atoms with Crippen molar-refractivity contribution in [2.45, 2.75) is 58.2 Å². The quantitative estimate of drug-likeness (QED) is 0.769. The van der Waals surface area contributed by atoms with Gasteiger partial charge in [-0.1, -0.05) is 30.2 Å². The van der Waals surface area contributed by atoms with Crippen LogP contribution in [0.1, 0.15) is 45.1 Å². The maximum absolute atomic E-state index is 11.9. The fraction of sp³-hybridized carbons (Fsp3) is 0.588. The Morgan fingerprint density at radius 2 is 2.05 bits per heavy atom. The van der Waals surface area contributed by atoms with Gasteiger partial charge in [-0.05, 0) is 50.9 Å². The largest absolute Gasteiger partial charge is 0.463 e. The van der Waals surface area contributed by atoms with Gasteiger partial charge in [-0.2, -0.15) is 0 Å². The average molecular weight is 310 g/mol. The molecule has 0 aromatic heterocycles. The number of rotatable bonds is 5. The van der Waals surface area contributed by atoms with E-state index in [-0.39, 0.29) is 12.1 Å². The Bertz CT molecular complexity index is 458. The van der Waals surface area contributed by atoms with Crippen molar-refractivity contribution in [3.05, 3.63) is 34.9 Å². The fourth-order valence-corrected chi connectivity index (χ4v) is 2.95. The van der Waals surface area contributed by atoms with Gasteiger partial charge in [-0.25, -0.2) is 0 Å². The molecule has 1 aromatic carbocycles. The number of halogens is 1. The number of esters is 1. The monoisotopic (exact) mass is 309 g/mol. The van der Waals surface area contributed by atoms with Crippen molar-refractivity contribution in [3.63, 3.8) is 0 Å². The van der Waals surface area contributed by atoms with Gasteiger partial charge in [-0.15, -0.1) is 0 Å². The highest BCUT2D eigenvalue weighted by atomic mass is 35.5. The molecule has 0 saturated carbocycles. The van der Waals surface area contributed by atoms with Crippen LogP contribution in [-0.2, 0) is 16.1 Å². The van der Waals surface area contributed by atoms with E-state index in [2.05, 4.69) is 17.0 Å². The molecule has 1 saturated heterocycles. The van der Waals surface area contributed by atoms with E-state index < -0.39 is 0 Å². The second kappa shape index (κ2) is 7.81. The SMILES string of the molecule is CC(C)OC(=O)CC1CCCCN1Cc1ccc(Cl)cc1. The molecule has 0 amide bonds. The first kappa shape index (κ1) is 16.3. The lowest BCUT2D eigenvalue weighted by Gasteiger charge is -2.35. The number of nitrogens with zero attached hydrogens (tertiary/aromatic N) is 1. The number of piperidine rings is 1. The number of hydrogen-bond acceptors (Lipinski definition) is 3. The van der Waals surface area contributed by atoms with Gasteiger partial charge in [0.15, 0.2) is 0 Å². The van der Waals surface area contributed by atoms with Crippen molar-refractivity contribution in [2.75, 3.05) is 6.54 Å². The van der Waals surface area contributed by atoms with Crippen LogP contribution in [0.25, 0.3) is 0 Å². The van der Waals surface area contributed by atoms with E-state index in [1.54, 1.807) is 0 Å². The van der Waals surface area contributed by atoms with Gasteiger partial charge in [-0.3, -0.25) is 9.69 Å². The lowest BCUT2D eigenvalue weighted by molar-refractivity contribution is -0.149. The first-order chi connectivity index (χ1) is 10.0. The first-order valence-electron chi connectivity index (χ1n) is 7.72. The van der Waals surface area contributed by atoms with Gasteiger partial charge in [0.2, 0.25) is 0 Å². The number of carbonyl (C=O) groups excluding carboxylic acids is 1. The molecule has 1 heterocycles. The minimum atomic E-state index is -0.0852. The summed E-state index contributed by atoms with van der Waals surface area (Å²) in [6.45, 7) is 5.70. The lowest BCUT2D eigenvalue weighted by Crippen LogP contribution is -2.40. The molecule has 0 bridgehead atoms. The summed E-state index contributed by atoms with van der Waals surface area (Å²) in [5.41, 5.74) is 1.24. The number of ether oxygens (including phenoxy) is 1. The molecular weight excluding hydrogens is 286 g/mol. The van der Waals surface area contributed by atoms with Crippen LogP contribution < -0.4 is 0 Å². The minimum absolute atomic E-state index is 0.0363. The zero-order valence-corrected chi connectivity index (χ0v) is 13.6. The molecule has 116 valence electrons. The maximum atomic E-state index is 11.9. The van der Waals surface area contributed by atoms with E-state index in [1.165, 1.54) is 18.4 Å². The van der Waals surface area contributed by atoms with Gasteiger partial charge in [0, 0.05) is 17.6 Å². The normalized spacial score (nSPS) is 19.7. The van der Waals surface area contributed by atoms with Crippen molar-refractivity contribution >= 4 is 17.6 Å². The molecule has 1 aliphatic heterocycles. The molecule has 1 fully saturated rings. The molecular formula is C17H24ClNO2. The number of likely N-dealkylation sites (tertiary alicyclic amines) is 1. The Morgan fingerprint density at radius 3 is 2.71 bits per heavy atom. The Labute approximate surface area is 132 Å². The minimum Gasteiger partial charge on any atom is -0.463 e. The average Bonchev–Trinajstić information content (AvgIpc) is 2.42. The van der Waals surface area contributed by atoms with Gasteiger partial charge >= 0.3 is 5.97 Å². The summed E-state index contributed by atoms with van der Waals surface area (Å²) < 4.78 is 5.28. The van der Waals surface area contributed by atoms with E-state index >= 15 is 0 Å². The van der Waals surface area contributed by atoms with Crippen molar-refractivity contribution < 1.29 is 9.53 Å². The highest BCUT2D eigenvalue weighted by Crippen LogP contribution is 2.23. The van der Waals surface area contributed by atoms with Gasteiger partial charge in [0.25, 0.3) is 0 Å². The summed E-state index contributed by atoms with van der Waals surface area (Å²) in [5.74, 6) is -0.0852. The van der Waals surface area contributed by atoms with Crippen molar-refractivity contribution in [1.82, 2.24) is 4.90 Å². The van der Waals surface area contributed by atoms with Gasteiger partial charge in [0.05, 0.1) is 12.5 Å². The molecule has 0 radical (unpaired) electrons. The van der Waals surface area contributed by atoms with Gasteiger partial charge in [0.1, 0.15) is 0 Å². The van der Waals surface area contributed by atoms with Crippen molar-refractivity contribution in [3.8, 4) is 0 Å². The predicted octanol–water partition coefficient (Wildman–Crippen LogP) is 4.04. The van der Waals surface area contributed by atoms with E-state index in [0.717, 1.165) is 24.5 Å². The highest BCUT2D eigenvalue weighted by molar-refractivity contribution is 6.30. The second-order valence-corrected chi connectivity index (χ2v) is 6.43. The Hall–Kier alpha value is -1.06. The number of hydrogen-bond donors (Lipinski definition) is 0. The standard InChI is InChI=1S/C17H24ClNO2/c1-13(2)21-17(20)11-16-5-3-4-10-19(16)12-14-6-8-15(18)9-7-14/h6-9,13,16H,3-5,10-12H2,1-2H3. The van der Waals surface area contributed by atoms with Crippen LogP contribution in [0.5, 0.6) is 0 Å². The molecule has 4 heteroatoms. The summed E-state index contributed by atoms with van der Waals surface area (Å²) in [4.78, 5) is 14.3. The van der Waals surface area contributed by atoms with E-state index in [1.807, 2.05) is 26.0 Å². The molecule has 0 N–H and O–H groups in total. The summed E-state index contributed by atoms with van der Waals surface area (Å²) >= 11 is 5.93. The summed E-state index contributed by atoms with van der Waals surface area (Å²) in [6.07, 6.45) is 3.91.